The summed E-state index contributed by atoms with van der Waals surface area (Å²) in [7, 11) is -7.07. The molecule has 0 spiro atoms. The number of rotatable bonds is 10. The number of hydrogen-bond donors (Lipinski definition) is 0. The van der Waals surface area contributed by atoms with E-state index in [4.69, 9.17) is 18.1 Å². The third-order valence-electron chi connectivity index (χ3n) is 3.60. The molecule has 6 nitrogen and oxygen atoms in total. The molecule has 150 valence electrons. The molecule has 0 bridgehead atoms. The first kappa shape index (κ1) is 23.6. The maximum absolute atomic E-state index is 13.3. The molecule has 26 heavy (non-hydrogen) atoms. The van der Waals surface area contributed by atoms with E-state index in [1.165, 1.54) is 0 Å². The summed E-state index contributed by atoms with van der Waals surface area (Å²) in [5.74, 6) is 0. The van der Waals surface area contributed by atoms with Gasteiger partial charge in [-0.2, -0.15) is 0 Å². The van der Waals surface area contributed by atoms with E-state index >= 15 is 0 Å². The second kappa shape index (κ2) is 9.64. The molecule has 1 aromatic rings. The van der Waals surface area contributed by atoms with Crippen LogP contribution in [0.4, 0.5) is 0 Å². The van der Waals surface area contributed by atoms with E-state index in [1.54, 1.807) is 45.9 Å². The largest absolute Gasteiger partial charge is 0.361 e. The Morgan fingerprint density at radius 1 is 0.692 bits per heavy atom. The highest BCUT2D eigenvalue weighted by Gasteiger charge is 2.34. The van der Waals surface area contributed by atoms with Crippen molar-refractivity contribution in [3.05, 3.63) is 23.8 Å². The molecule has 0 atom stereocenters. The smallest absolute Gasteiger partial charge is 0.305 e. The fourth-order valence-corrected chi connectivity index (χ4v) is 5.79. The van der Waals surface area contributed by atoms with Crippen molar-refractivity contribution in [3.8, 4) is 0 Å². The van der Waals surface area contributed by atoms with Gasteiger partial charge in [0.2, 0.25) is 0 Å². The standard InChI is InChI=1S/C18H32O6P2/c1-8-21-25(19,22-9-2)16-12-15(18(5,6)7)13-17(14-16)26(20,23-10-3)24-11-4/h12-14H,8-11H2,1-7H3. The Bertz CT molecular complexity index is 612. The van der Waals surface area contributed by atoms with Crippen molar-refractivity contribution >= 4 is 25.8 Å². The first-order valence-corrected chi connectivity index (χ1v) is 12.1. The van der Waals surface area contributed by atoms with Crippen molar-refractivity contribution in [2.24, 2.45) is 0 Å². The first-order chi connectivity index (χ1) is 12.1. The highest BCUT2D eigenvalue weighted by molar-refractivity contribution is 7.63. The molecule has 1 rings (SSSR count). The maximum Gasteiger partial charge on any atom is 0.361 e. The lowest BCUT2D eigenvalue weighted by Crippen LogP contribution is -2.24. The molecular formula is C18H32O6P2. The maximum atomic E-state index is 13.3. The number of hydrogen-bond acceptors (Lipinski definition) is 6. The van der Waals surface area contributed by atoms with Gasteiger partial charge in [0, 0.05) is 0 Å². The van der Waals surface area contributed by atoms with Crippen molar-refractivity contribution in [1.82, 2.24) is 0 Å². The molecule has 0 aliphatic heterocycles. The summed E-state index contributed by atoms with van der Waals surface area (Å²) < 4.78 is 48.4. The fourth-order valence-electron chi connectivity index (χ4n) is 2.40. The predicted molar refractivity (Wildman–Crippen MR) is 106 cm³/mol. The van der Waals surface area contributed by atoms with Crippen LogP contribution in [-0.2, 0) is 32.6 Å². The van der Waals surface area contributed by atoms with Crippen LogP contribution in [0.1, 0.15) is 54.0 Å². The molecule has 0 aromatic heterocycles. The average molecular weight is 406 g/mol. The van der Waals surface area contributed by atoms with Crippen molar-refractivity contribution in [3.63, 3.8) is 0 Å². The zero-order valence-corrected chi connectivity index (χ0v) is 18.7. The monoisotopic (exact) mass is 406 g/mol. The Labute approximate surface area is 157 Å². The van der Waals surface area contributed by atoms with Crippen LogP contribution in [0.15, 0.2) is 18.2 Å². The summed E-state index contributed by atoms with van der Waals surface area (Å²) in [5.41, 5.74) is 0.585. The minimum absolute atomic E-state index is 0.237. The Balaban J connectivity index is 3.68. The molecule has 0 saturated carbocycles. The fraction of sp³-hybridized carbons (Fsp3) is 0.667. The predicted octanol–water partition coefficient (Wildman–Crippen LogP) is 4.77. The van der Waals surface area contributed by atoms with Gasteiger partial charge >= 0.3 is 15.2 Å². The minimum Gasteiger partial charge on any atom is -0.305 e. The SMILES string of the molecule is CCOP(=O)(OCC)c1cc(C(C)(C)C)cc(P(=O)(OCC)OCC)c1. The summed E-state index contributed by atoms with van der Waals surface area (Å²) in [5, 5.41) is 0.728. The van der Waals surface area contributed by atoms with Gasteiger partial charge in [0.1, 0.15) is 0 Å². The van der Waals surface area contributed by atoms with Gasteiger partial charge in [-0.1, -0.05) is 20.8 Å². The lowest BCUT2D eigenvalue weighted by Gasteiger charge is -2.26. The van der Waals surface area contributed by atoms with Gasteiger partial charge in [0.15, 0.2) is 0 Å². The molecule has 0 radical (unpaired) electrons. The van der Waals surface area contributed by atoms with Crippen LogP contribution in [0.3, 0.4) is 0 Å². The molecule has 0 saturated heterocycles. The van der Waals surface area contributed by atoms with Gasteiger partial charge in [-0.3, -0.25) is 9.13 Å². The Morgan fingerprint density at radius 3 is 1.23 bits per heavy atom. The molecule has 0 heterocycles. The summed E-state index contributed by atoms with van der Waals surface area (Å²) in [6, 6.07) is 5.14. The lowest BCUT2D eigenvalue weighted by molar-refractivity contribution is 0.230. The molecule has 0 N–H and O–H groups in total. The summed E-state index contributed by atoms with van der Waals surface area (Å²) in [6.07, 6.45) is 0. The van der Waals surface area contributed by atoms with Crippen molar-refractivity contribution in [2.45, 2.75) is 53.9 Å². The molecule has 0 aliphatic rings. The first-order valence-electron chi connectivity index (χ1n) is 9.01. The average Bonchev–Trinajstić information content (AvgIpc) is 2.54. The number of benzene rings is 1. The molecule has 0 aliphatic carbocycles. The lowest BCUT2D eigenvalue weighted by atomic mass is 9.87. The van der Waals surface area contributed by atoms with Crippen LogP contribution in [-0.4, -0.2) is 26.4 Å². The Hall–Kier alpha value is -0.480. The third-order valence-corrected chi connectivity index (χ3v) is 7.77. The third kappa shape index (κ3) is 5.76. The van der Waals surface area contributed by atoms with Crippen LogP contribution < -0.4 is 10.6 Å². The highest BCUT2D eigenvalue weighted by Crippen LogP contribution is 2.50. The van der Waals surface area contributed by atoms with E-state index < -0.39 is 15.2 Å². The van der Waals surface area contributed by atoms with Crippen LogP contribution >= 0.6 is 15.2 Å². The van der Waals surface area contributed by atoms with Crippen LogP contribution in [0.2, 0.25) is 0 Å². The molecule has 1 aromatic carbocycles. The van der Waals surface area contributed by atoms with Gasteiger partial charge in [-0.15, -0.1) is 0 Å². The summed E-state index contributed by atoms with van der Waals surface area (Å²) in [6.45, 7) is 14.0. The van der Waals surface area contributed by atoms with Crippen molar-refractivity contribution in [2.75, 3.05) is 26.4 Å². The molecule has 0 unspecified atom stereocenters. The van der Waals surface area contributed by atoms with E-state index in [-0.39, 0.29) is 31.8 Å². The minimum atomic E-state index is -3.53. The van der Waals surface area contributed by atoms with E-state index in [2.05, 4.69) is 0 Å². The van der Waals surface area contributed by atoms with Gasteiger partial charge in [0.25, 0.3) is 0 Å². The van der Waals surface area contributed by atoms with Crippen LogP contribution in [0.5, 0.6) is 0 Å². The summed E-state index contributed by atoms with van der Waals surface area (Å²) in [4.78, 5) is 0. The molecular weight excluding hydrogens is 374 g/mol. The molecule has 0 amide bonds. The normalized spacial score (nSPS) is 13.2. The van der Waals surface area contributed by atoms with Crippen LogP contribution in [0.25, 0.3) is 0 Å². The Kier molecular flexibility index (Phi) is 8.73. The molecule has 8 heteroatoms. The van der Waals surface area contributed by atoms with E-state index in [1.807, 2.05) is 20.8 Å². The zero-order chi connectivity index (χ0) is 20.0. The second-order valence-corrected chi connectivity index (χ2v) is 10.7. The quantitative estimate of drug-likeness (QED) is 0.522. The van der Waals surface area contributed by atoms with Gasteiger partial charge < -0.3 is 18.1 Å². The van der Waals surface area contributed by atoms with Gasteiger partial charge in [-0.05, 0) is 56.9 Å². The van der Waals surface area contributed by atoms with E-state index in [9.17, 15) is 9.13 Å². The topological polar surface area (TPSA) is 71.1 Å². The zero-order valence-electron chi connectivity index (χ0n) is 16.9. The van der Waals surface area contributed by atoms with Crippen molar-refractivity contribution in [1.29, 1.82) is 0 Å². The Morgan fingerprint density at radius 2 is 1.00 bits per heavy atom. The second-order valence-electron chi connectivity index (χ2n) is 6.65. The molecule has 0 fully saturated rings. The van der Waals surface area contributed by atoms with Gasteiger partial charge in [0.05, 0.1) is 37.0 Å². The van der Waals surface area contributed by atoms with Crippen molar-refractivity contribution < 1.29 is 27.2 Å². The summed E-state index contributed by atoms with van der Waals surface area (Å²) >= 11 is 0. The van der Waals surface area contributed by atoms with Gasteiger partial charge in [-0.25, -0.2) is 0 Å². The van der Waals surface area contributed by atoms with Crippen LogP contribution in [0, 0.1) is 0 Å². The highest BCUT2D eigenvalue weighted by atomic mass is 31.2. The van der Waals surface area contributed by atoms with E-state index in [0.717, 1.165) is 5.56 Å². The van der Waals surface area contributed by atoms with E-state index in [0.29, 0.717) is 10.6 Å².